The van der Waals surface area contributed by atoms with Crippen LogP contribution in [0.1, 0.15) is 51.8 Å². The number of rotatable bonds is 3. The predicted octanol–water partition coefficient (Wildman–Crippen LogP) is 1.69. The van der Waals surface area contributed by atoms with E-state index in [1.807, 2.05) is 20.8 Å². The summed E-state index contributed by atoms with van der Waals surface area (Å²) in [4.78, 5) is 36.8. The quantitative estimate of drug-likeness (QED) is 0.853. The molecule has 0 radical (unpaired) electrons. The molecule has 1 atom stereocenters. The van der Waals surface area contributed by atoms with Crippen LogP contribution >= 0.6 is 0 Å². The van der Waals surface area contributed by atoms with E-state index >= 15 is 0 Å². The van der Waals surface area contributed by atoms with E-state index in [0.717, 1.165) is 4.90 Å². The fourth-order valence-corrected chi connectivity index (χ4v) is 1.96. The molecule has 106 valence electrons. The Balaban J connectivity index is 2.27. The summed E-state index contributed by atoms with van der Waals surface area (Å²) in [7, 11) is 1.44. The van der Waals surface area contributed by atoms with Gasteiger partial charge in [-0.05, 0) is 31.0 Å². The van der Waals surface area contributed by atoms with Crippen LogP contribution in [0.15, 0.2) is 18.2 Å². The second kappa shape index (κ2) is 5.07. The fraction of sp³-hybridized carbons (Fsp3) is 0.400. The Hall–Kier alpha value is -2.17. The minimum Gasteiger partial charge on any atom is -0.349 e. The van der Waals surface area contributed by atoms with Crippen LogP contribution < -0.4 is 5.32 Å². The molecule has 0 fully saturated rings. The van der Waals surface area contributed by atoms with Crippen molar-refractivity contribution in [2.45, 2.75) is 26.8 Å². The smallest absolute Gasteiger partial charge is 0.261 e. The number of nitrogens with zero attached hydrogens (tertiary/aromatic N) is 1. The van der Waals surface area contributed by atoms with Crippen molar-refractivity contribution in [3.63, 3.8) is 0 Å². The molecule has 20 heavy (non-hydrogen) atoms. The maximum absolute atomic E-state index is 12.1. The molecular weight excluding hydrogens is 256 g/mol. The lowest BCUT2D eigenvalue weighted by atomic mass is 10.0. The monoisotopic (exact) mass is 274 g/mol. The molecule has 0 saturated heterocycles. The van der Waals surface area contributed by atoms with E-state index in [2.05, 4.69) is 5.32 Å². The van der Waals surface area contributed by atoms with E-state index < -0.39 is 0 Å². The number of benzene rings is 1. The summed E-state index contributed by atoms with van der Waals surface area (Å²) in [5.74, 6) is -0.601. The van der Waals surface area contributed by atoms with Gasteiger partial charge in [-0.3, -0.25) is 19.3 Å². The molecule has 1 unspecified atom stereocenters. The number of carbonyl (C=O) groups excluding carboxylic acids is 3. The van der Waals surface area contributed by atoms with E-state index in [1.165, 1.54) is 19.2 Å². The van der Waals surface area contributed by atoms with Gasteiger partial charge >= 0.3 is 0 Å². The Morgan fingerprint density at radius 3 is 2.30 bits per heavy atom. The van der Waals surface area contributed by atoms with Gasteiger partial charge in [-0.1, -0.05) is 13.8 Å². The number of hydrogen-bond acceptors (Lipinski definition) is 3. The predicted molar refractivity (Wildman–Crippen MR) is 74.6 cm³/mol. The van der Waals surface area contributed by atoms with Gasteiger partial charge in [0.05, 0.1) is 11.1 Å². The molecule has 1 N–H and O–H groups in total. The summed E-state index contributed by atoms with van der Waals surface area (Å²) in [6.45, 7) is 5.97. The second-order valence-electron chi connectivity index (χ2n) is 5.44. The van der Waals surface area contributed by atoms with Gasteiger partial charge in [0.1, 0.15) is 0 Å². The molecule has 1 aliphatic rings. The largest absolute Gasteiger partial charge is 0.349 e. The van der Waals surface area contributed by atoms with Crippen molar-refractivity contribution in [3.8, 4) is 0 Å². The summed E-state index contributed by atoms with van der Waals surface area (Å²) in [5.41, 5.74) is 1.04. The topological polar surface area (TPSA) is 66.5 Å². The van der Waals surface area contributed by atoms with Gasteiger partial charge < -0.3 is 5.32 Å². The number of amides is 3. The molecule has 2 rings (SSSR count). The average Bonchev–Trinajstić information content (AvgIpc) is 2.63. The lowest BCUT2D eigenvalue weighted by molar-refractivity contribution is 0.0693. The molecule has 1 aromatic rings. The van der Waals surface area contributed by atoms with E-state index in [-0.39, 0.29) is 23.8 Å². The van der Waals surface area contributed by atoms with Crippen LogP contribution in [-0.4, -0.2) is 35.7 Å². The van der Waals surface area contributed by atoms with E-state index in [0.29, 0.717) is 22.6 Å². The Morgan fingerprint density at radius 1 is 1.10 bits per heavy atom. The maximum Gasteiger partial charge on any atom is 0.261 e. The van der Waals surface area contributed by atoms with Crippen molar-refractivity contribution < 1.29 is 14.4 Å². The first-order valence-corrected chi connectivity index (χ1v) is 6.60. The first-order valence-electron chi connectivity index (χ1n) is 6.60. The highest BCUT2D eigenvalue weighted by Gasteiger charge is 2.33. The first-order chi connectivity index (χ1) is 9.32. The first kappa shape index (κ1) is 14.2. The highest BCUT2D eigenvalue weighted by molar-refractivity contribution is 6.21. The van der Waals surface area contributed by atoms with Crippen LogP contribution in [-0.2, 0) is 0 Å². The number of nitrogens with one attached hydrogen (secondary N) is 1. The summed E-state index contributed by atoms with van der Waals surface area (Å²) >= 11 is 0. The molecular formula is C15H18N2O3. The zero-order valence-corrected chi connectivity index (χ0v) is 12.1. The molecule has 5 nitrogen and oxygen atoms in total. The highest BCUT2D eigenvalue weighted by Crippen LogP contribution is 2.22. The Kier molecular flexibility index (Phi) is 3.61. The number of hydrogen-bond donors (Lipinski definition) is 1. The average molecular weight is 274 g/mol. The van der Waals surface area contributed by atoms with Crippen molar-refractivity contribution in [1.29, 1.82) is 0 Å². The van der Waals surface area contributed by atoms with Crippen LogP contribution in [0.5, 0.6) is 0 Å². The standard InChI is InChI=1S/C15H18N2O3/c1-8(2)9(3)16-13(18)10-5-6-11-12(7-10)15(20)17(4)14(11)19/h5-9H,1-4H3,(H,16,18). The number of fused-ring (bicyclic) bond motifs is 1. The normalized spacial score (nSPS) is 15.6. The Bertz CT molecular complexity index is 593. The highest BCUT2D eigenvalue weighted by atomic mass is 16.2. The van der Waals surface area contributed by atoms with Crippen molar-refractivity contribution >= 4 is 17.7 Å². The second-order valence-corrected chi connectivity index (χ2v) is 5.44. The number of imide groups is 1. The summed E-state index contributed by atoms with van der Waals surface area (Å²) in [5, 5.41) is 2.88. The Labute approximate surface area is 118 Å². The molecule has 0 saturated carbocycles. The molecule has 0 aromatic heterocycles. The SMILES string of the molecule is CC(C)C(C)NC(=O)c1ccc2c(c1)C(=O)N(C)C2=O. The van der Waals surface area contributed by atoms with Crippen LogP contribution in [0.2, 0.25) is 0 Å². The van der Waals surface area contributed by atoms with Crippen molar-refractivity contribution in [3.05, 3.63) is 34.9 Å². The van der Waals surface area contributed by atoms with Crippen LogP contribution in [0, 0.1) is 5.92 Å². The molecule has 3 amide bonds. The van der Waals surface area contributed by atoms with Gasteiger partial charge in [0.25, 0.3) is 17.7 Å². The third-order valence-corrected chi connectivity index (χ3v) is 3.71. The number of carbonyl (C=O) groups is 3. The van der Waals surface area contributed by atoms with E-state index in [1.54, 1.807) is 6.07 Å². The van der Waals surface area contributed by atoms with Gasteiger partial charge in [-0.2, -0.15) is 0 Å². The van der Waals surface area contributed by atoms with Gasteiger partial charge in [0, 0.05) is 18.7 Å². The fourth-order valence-electron chi connectivity index (χ4n) is 1.96. The van der Waals surface area contributed by atoms with E-state index in [4.69, 9.17) is 0 Å². The summed E-state index contributed by atoms with van der Waals surface area (Å²) in [6, 6.07) is 4.64. The van der Waals surface area contributed by atoms with Crippen LogP contribution in [0.4, 0.5) is 0 Å². The summed E-state index contributed by atoms with van der Waals surface area (Å²) < 4.78 is 0. The molecule has 1 heterocycles. The lowest BCUT2D eigenvalue weighted by Gasteiger charge is -2.17. The molecule has 5 heteroatoms. The molecule has 0 spiro atoms. The van der Waals surface area contributed by atoms with Gasteiger partial charge in [0.2, 0.25) is 0 Å². The molecule has 1 aromatic carbocycles. The summed E-state index contributed by atoms with van der Waals surface area (Å²) in [6.07, 6.45) is 0. The molecule has 0 aliphatic carbocycles. The van der Waals surface area contributed by atoms with Gasteiger partial charge in [-0.15, -0.1) is 0 Å². The van der Waals surface area contributed by atoms with Crippen molar-refractivity contribution in [2.75, 3.05) is 7.05 Å². The Morgan fingerprint density at radius 2 is 1.70 bits per heavy atom. The third-order valence-electron chi connectivity index (χ3n) is 3.71. The van der Waals surface area contributed by atoms with Crippen LogP contribution in [0.3, 0.4) is 0 Å². The van der Waals surface area contributed by atoms with Crippen LogP contribution in [0.25, 0.3) is 0 Å². The zero-order chi connectivity index (χ0) is 15.0. The molecule has 0 bridgehead atoms. The van der Waals surface area contributed by atoms with Crippen molar-refractivity contribution in [1.82, 2.24) is 10.2 Å². The molecule has 1 aliphatic heterocycles. The minimum absolute atomic E-state index is 0.0377. The minimum atomic E-state index is -0.364. The lowest BCUT2D eigenvalue weighted by Crippen LogP contribution is -2.36. The zero-order valence-electron chi connectivity index (χ0n) is 12.1. The maximum atomic E-state index is 12.1. The van der Waals surface area contributed by atoms with E-state index in [9.17, 15) is 14.4 Å². The van der Waals surface area contributed by atoms with Gasteiger partial charge in [-0.25, -0.2) is 0 Å². The van der Waals surface area contributed by atoms with Gasteiger partial charge in [0.15, 0.2) is 0 Å². The van der Waals surface area contributed by atoms with Crippen molar-refractivity contribution in [2.24, 2.45) is 5.92 Å². The third kappa shape index (κ3) is 2.31.